The Morgan fingerprint density at radius 1 is 0.962 bits per heavy atom. The zero-order chi connectivity index (χ0) is 54.4. The van der Waals surface area contributed by atoms with Crippen LogP contribution in [0.25, 0.3) is 32.9 Å². The molecule has 0 aliphatic carbocycles. The van der Waals surface area contributed by atoms with E-state index in [1.807, 2.05) is 0 Å². The Morgan fingerprint density at radius 3 is 2.54 bits per heavy atom. The molecular weight excluding hydrogens is 1010 g/mol. The van der Waals surface area contributed by atoms with Crippen molar-refractivity contribution in [1.82, 2.24) is 40.3 Å². The molecule has 6 aliphatic rings. The standard InChI is InChI=1S/C56H56F2N10O10/c1-4-36-40(57)14-11-32-7-5-8-37(45(32)36)48-47(58)49-39(24-59-48)50(66-26-33-12-13-34(27-66)60-33)64-54(63-49)78-30-56-18-17-35(67(56)25-31(2)23-56)28-77-55(74)65(3)19-20-75-21-22-76-29-44(70)61-41-10-6-9-38-46(41)53(73)68(52(38)72)42-15-16-43(69)62-51(42)71/h1,5-11,14,24,33-35,42,60H,2,12-13,15-23,25-30H2,3H3,(H,61,70)(H,62,69,71)/t33?,34?,35-,42?,56-/m0/s1. The molecule has 78 heavy (non-hydrogen) atoms. The molecule has 404 valence electrons. The van der Waals surface area contributed by atoms with Gasteiger partial charge in [0.25, 0.3) is 11.8 Å². The van der Waals surface area contributed by atoms with Gasteiger partial charge in [-0.2, -0.15) is 9.97 Å². The van der Waals surface area contributed by atoms with Crippen LogP contribution < -0.4 is 25.6 Å². The molecule has 3 N–H and O–H groups in total. The minimum Gasteiger partial charge on any atom is -0.461 e. The van der Waals surface area contributed by atoms with Crippen molar-refractivity contribution < 1.29 is 56.5 Å². The van der Waals surface area contributed by atoms with Gasteiger partial charge in [0.15, 0.2) is 5.82 Å². The Kier molecular flexibility index (Phi) is 14.3. The Hall–Kier alpha value is -7.97. The number of piperidine rings is 1. The number of anilines is 2. The van der Waals surface area contributed by atoms with Crippen molar-refractivity contribution >= 4 is 68.8 Å². The number of rotatable bonds is 17. The molecule has 5 fully saturated rings. The summed E-state index contributed by atoms with van der Waals surface area (Å²) in [6.45, 7) is 6.59. The first-order valence-corrected chi connectivity index (χ1v) is 26.0. The van der Waals surface area contributed by atoms with E-state index < -0.39 is 65.5 Å². The second-order valence-corrected chi connectivity index (χ2v) is 20.7. The van der Waals surface area contributed by atoms with E-state index in [2.05, 4.69) is 43.2 Å². The smallest absolute Gasteiger partial charge is 0.409 e. The molecule has 2 aromatic heterocycles. The van der Waals surface area contributed by atoms with E-state index in [4.69, 9.17) is 35.3 Å². The van der Waals surface area contributed by atoms with Gasteiger partial charge in [0.05, 0.1) is 53.1 Å². The minimum atomic E-state index is -1.14. The van der Waals surface area contributed by atoms with Gasteiger partial charge in [-0.1, -0.05) is 48.4 Å². The number of imide groups is 2. The van der Waals surface area contributed by atoms with Gasteiger partial charge in [-0.3, -0.25) is 44.1 Å². The third-order valence-corrected chi connectivity index (χ3v) is 15.6. The molecule has 2 bridgehead atoms. The highest BCUT2D eigenvalue weighted by atomic mass is 19.1. The van der Waals surface area contributed by atoms with Crippen LogP contribution in [0.2, 0.25) is 0 Å². The third kappa shape index (κ3) is 9.86. The number of likely N-dealkylation sites (N-methyl/N-ethyl adjacent to an activating group) is 1. The van der Waals surface area contributed by atoms with Crippen LogP contribution in [-0.2, 0) is 28.6 Å². The van der Waals surface area contributed by atoms with Gasteiger partial charge in [0, 0.05) is 74.9 Å². The Labute approximate surface area is 446 Å². The summed E-state index contributed by atoms with van der Waals surface area (Å²) in [6.07, 6.45) is 10.9. The van der Waals surface area contributed by atoms with Crippen molar-refractivity contribution in [2.45, 2.75) is 74.7 Å². The van der Waals surface area contributed by atoms with Crippen molar-refractivity contribution in [3.8, 4) is 29.6 Å². The average Bonchev–Trinajstić information content (AvgIpc) is 4.22. The molecule has 20 nitrogen and oxygen atoms in total. The summed E-state index contributed by atoms with van der Waals surface area (Å²) in [5, 5.41) is 9.83. The molecular formula is C56H56F2N10O10. The lowest BCUT2D eigenvalue weighted by Crippen LogP contribution is -2.54. The number of benzene rings is 3. The fourth-order valence-electron chi connectivity index (χ4n) is 11.9. The van der Waals surface area contributed by atoms with Crippen molar-refractivity contribution in [3.63, 3.8) is 0 Å². The number of nitrogens with one attached hydrogen (secondary N) is 3. The summed E-state index contributed by atoms with van der Waals surface area (Å²) < 4.78 is 55.7. The summed E-state index contributed by atoms with van der Waals surface area (Å²) >= 11 is 0. The zero-order valence-corrected chi connectivity index (χ0v) is 42.8. The van der Waals surface area contributed by atoms with E-state index in [1.54, 1.807) is 37.5 Å². The van der Waals surface area contributed by atoms with Gasteiger partial charge in [0.2, 0.25) is 17.7 Å². The number of hydrogen-bond acceptors (Lipinski definition) is 16. The molecule has 0 radical (unpaired) electrons. The van der Waals surface area contributed by atoms with Crippen molar-refractivity contribution in [3.05, 3.63) is 95.2 Å². The number of carbonyl (C=O) groups is 6. The first-order chi connectivity index (χ1) is 37.7. The largest absolute Gasteiger partial charge is 0.461 e. The minimum absolute atomic E-state index is 0.000249. The summed E-state index contributed by atoms with van der Waals surface area (Å²) in [5.41, 5.74) is 0.890. The maximum absolute atomic E-state index is 17.2. The molecule has 0 spiro atoms. The van der Waals surface area contributed by atoms with Gasteiger partial charge in [-0.05, 0) is 62.1 Å². The molecule has 3 aromatic carbocycles. The molecule has 8 heterocycles. The number of fused-ring (bicyclic) bond motifs is 6. The second kappa shape index (κ2) is 21.5. The van der Waals surface area contributed by atoms with Crippen molar-refractivity contribution in [2.75, 3.05) is 83.1 Å². The fourth-order valence-corrected chi connectivity index (χ4v) is 11.9. The number of carbonyl (C=O) groups excluding carboxylic acids is 6. The Morgan fingerprint density at radius 2 is 1.74 bits per heavy atom. The lowest BCUT2D eigenvalue weighted by Gasteiger charge is -2.35. The molecule has 5 atom stereocenters. The number of ether oxygens (including phenoxy) is 4. The van der Waals surface area contributed by atoms with Crippen LogP contribution in [-0.4, -0.2) is 168 Å². The van der Waals surface area contributed by atoms with Crippen LogP contribution in [0, 0.1) is 24.0 Å². The molecule has 6 amide bonds. The maximum atomic E-state index is 17.2. The van der Waals surface area contributed by atoms with Crippen LogP contribution in [0.1, 0.15) is 71.2 Å². The predicted molar refractivity (Wildman–Crippen MR) is 279 cm³/mol. The average molecular weight is 1070 g/mol. The van der Waals surface area contributed by atoms with Gasteiger partial charge in [-0.25, -0.2) is 13.6 Å². The molecule has 0 saturated carbocycles. The first kappa shape index (κ1) is 52.1. The van der Waals surface area contributed by atoms with Crippen LogP contribution >= 0.6 is 0 Å². The summed E-state index contributed by atoms with van der Waals surface area (Å²) in [6, 6.07) is 11.7. The molecule has 22 heteroatoms. The zero-order valence-electron chi connectivity index (χ0n) is 42.8. The van der Waals surface area contributed by atoms with E-state index in [0.717, 1.165) is 23.3 Å². The predicted octanol–water partition coefficient (Wildman–Crippen LogP) is 4.73. The molecule has 5 saturated heterocycles. The van der Waals surface area contributed by atoms with Crippen LogP contribution in [0.15, 0.2) is 66.9 Å². The maximum Gasteiger partial charge on any atom is 0.409 e. The van der Waals surface area contributed by atoms with Crippen LogP contribution in [0.5, 0.6) is 6.01 Å². The van der Waals surface area contributed by atoms with Gasteiger partial charge >= 0.3 is 12.1 Å². The van der Waals surface area contributed by atoms with Crippen LogP contribution in [0.4, 0.5) is 25.1 Å². The highest BCUT2D eigenvalue weighted by molar-refractivity contribution is 6.26. The van der Waals surface area contributed by atoms with E-state index in [-0.39, 0.29) is 110 Å². The van der Waals surface area contributed by atoms with Crippen molar-refractivity contribution in [2.24, 2.45) is 0 Å². The Bertz CT molecular complexity index is 3360. The number of nitrogens with zero attached hydrogens (tertiary/aromatic N) is 7. The number of terminal acetylenes is 1. The van der Waals surface area contributed by atoms with E-state index >= 15 is 8.78 Å². The monoisotopic (exact) mass is 1070 g/mol. The number of hydrogen-bond donors (Lipinski definition) is 3. The topological polar surface area (TPSA) is 227 Å². The van der Waals surface area contributed by atoms with Gasteiger partial charge < -0.3 is 39.4 Å². The molecule has 6 aliphatic heterocycles. The molecule has 5 aromatic rings. The van der Waals surface area contributed by atoms with E-state index in [9.17, 15) is 28.8 Å². The second-order valence-electron chi connectivity index (χ2n) is 20.7. The summed E-state index contributed by atoms with van der Waals surface area (Å²) in [4.78, 5) is 97.5. The third-order valence-electron chi connectivity index (χ3n) is 15.6. The van der Waals surface area contributed by atoms with E-state index in [0.29, 0.717) is 66.4 Å². The Balaban J connectivity index is 0.674. The number of pyridine rings is 1. The fraction of sp³-hybridized carbons (Fsp3) is 0.411. The highest BCUT2D eigenvalue weighted by Gasteiger charge is 2.52. The van der Waals surface area contributed by atoms with E-state index in [1.165, 1.54) is 29.2 Å². The highest BCUT2D eigenvalue weighted by Crippen LogP contribution is 2.45. The number of piperazine rings is 1. The molecule has 3 unspecified atom stereocenters. The number of halogens is 2. The normalized spacial score (nSPS) is 22.7. The summed E-state index contributed by atoms with van der Waals surface area (Å²) in [5.74, 6) is -1.61. The summed E-state index contributed by atoms with van der Waals surface area (Å²) in [7, 11) is 1.60. The lowest BCUT2D eigenvalue weighted by molar-refractivity contribution is -0.136. The number of aromatic nitrogens is 3. The van der Waals surface area contributed by atoms with Crippen molar-refractivity contribution in [1.29, 1.82) is 0 Å². The molecule has 11 rings (SSSR count). The SMILES string of the molecule is C#Cc1c(F)ccc2cccc(-c3ncc4c(N5CC6CCC(C5)N6)nc(OC[C@@]56CC[C@@H](COC(=O)N(C)CCOCCOCC(=O)Nc7cccc8c7C(=O)N(C7CCC(=O)NC7=O)C8=O)N5CC(=C)C6)nc4c3F)c12. The van der Waals surface area contributed by atoms with Gasteiger partial charge in [0.1, 0.15) is 48.7 Å². The quantitative estimate of drug-likeness (QED) is 0.0495. The van der Waals surface area contributed by atoms with Gasteiger partial charge in [-0.15, -0.1) is 6.42 Å². The van der Waals surface area contributed by atoms with Crippen LogP contribution in [0.3, 0.4) is 0 Å². The first-order valence-electron chi connectivity index (χ1n) is 26.0. The lowest BCUT2D eigenvalue weighted by atomic mass is 9.94. The number of amides is 6.